The molecule has 0 spiro atoms. The van der Waals surface area contributed by atoms with Gasteiger partial charge in [0.05, 0.1) is 0 Å². The highest BCUT2D eigenvalue weighted by atomic mass is 32.1. The van der Waals surface area contributed by atoms with Crippen LogP contribution in [0.2, 0.25) is 0 Å². The summed E-state index contributed by atoms with van der Waals surface area (Å²) in [5.74, 6) is 1.73. The number of rotatable bonds is 1. The second kappa shape index (κ2) is 2.72. The van der Waals surface area contributed by atoms with Gasteiger partial charge < -0.3 is 10.6 Å². The average molecular weight is 158 g/mol. The summed E-state index contributed by atoms with van der Waals surface area (Å²) in [7, 11) is 0. The summed E-state index contributed by atoms with van der Waals surface area (Å²) < 4.78 is 0. The Balaban J connectivity index is 1.84. The van der Waals surface area contributed by atoms with E-state index in [-0.39, 0.29) is 0 Å². The fourth-order valence-electron chi connectivity index (χ4n) is 1.48. The maximum absolute atomic E-state index is 4.28. The van der Waals surface area contributed by atoms with Crippen molar-refractivity contribution in [1.82, 2.24) is 10.6 Å². The molecule has 0 aromatic carbocycles. The van der Waals surface area contributed by atoms with E-state index in [1.165, 1.54) is 6.42 Å². The third kappa shape index (κ3) is 1.31. The van der Waals surface area contributed by atoms with Crippen molar-refractivity contribution in [2.24, 2.45) is 5.92 Å². The van der Waals surface area contributed by atoms with Gasteiger partial charge in [0.2, 0.25) is 0 Å². The first-order valence-corrected chi connectivity index (χ1v) is 4.61. The second-order valence-corrected chi connectivity index (χ2v) is 3.68. The van der Waals surface area contributed by atoms with Crippen LogP contribution in [0.25, 0.3) is 0 Å². The number of hydrogen-bond donors (Lipinski definition) is 3. The highest BCUT2D eigenvalue weighted by molar-refractivity contribution is 7.80. The van der Waals surface area contributed by atoms with Crippen LogP contribution >= 0.6 is 12.6 Å². The number of nitrogens with one attached hydrogen (secondary N) is 2. The zero-order valence-electron chi connectivity index (χ0n) is 6.01. The van der Waals surface area contributed by atoms with Crippen LogP contribution < -0.4 is 10.6 Å². The van der Waals surface area contributed by atoms with E-state index in [4.69, 9.17) is 0 Å². The monoisotopic (exact) mass is 158 g/mol. The lowest BCUT2D eigenvalue weighted by Crippen LogP contribution is -2.27. The van der Waals surface area contributed by atoms with Crippen LogP contribution in [0.4, 0.5) is 0 Å². The van der Waals surface area contributed by atoms with Gasteiger partial charge in [0.15, 0.2) is 0 Å². The summed E-state index contributed by atoms with van der Waals surface area (Å²) in [5, 5.41) is 7.02. The number of fused-ring (bicyclic) bond motifs is 1. The smallest absolute Gasteiger partial charge is 0.0237 e. The van der Waals surface area contributed by atoms with Gasteiger partial charge >= 0.3 is 0 Å². The minimum atomic E-state index is 0.733. The lowest BCUT2D eigenvalue weighted by Gasteiger charge is -2.11. The van der Waals surface area contributed by atoms with Crippen LogP contribution in [-0.4, -0.2) is 30.9 Å². The van der Waals surface area contributed by atoms with Gasteiger partial charge in [-0.2, -0.15) is 12.6 Å². The molecule has 0 bridgehead atoms. The Morgan fingerprint density at radius 2 is 1.80 bits per heavy atom. The molecule has 0 radical (unpaired) electrons. The van der Waals surface area contributed by atoms with Crippen LogP contribution in [0.3, 0.4) is 0 Å². The molecule has 2 rings (SSSR count). The van der Waals surface area contributed by atoms with Gasteiger partial charge in [-0.25, -0.2) is 0 Å². The molecule has 2 N–H and O–H groups in total. The van der Waals surface area contributed by atoms with Crippen LogP contribution in [0.5, 0.6) is 0 Å². The van der Waals surface area contributed by atoms with E-state index in [1.807, 2.05) is 0 Å². The van der Waals surface area contributed by atoms with Gasteiger partial charge in [-0.1, -0.05) is 0 Å². The first-order valence-electron chi connectivity index (χ1n) is 3.98. The molecule has 58 valence electrons. The van der Waals surface area contributed by atoms with E-state index in [0.717, 1.165) is 36.8 Å². The molecule has 0 aromatic heterocycles. The van der Waals surface area contributed by atoms with Crippen molar-refractivity contribution in [3.63, 3.8) is 0 Å². The van der Waals surface area contributed by atoms with Gasteiger partial charge in [-0.15, -0.1) is 0 Å². The largest absolute Gasteiger partial charge is 0.312 e. The van der Waals surface area contributed by atoms with Gasteiger partial charge in [-0.05, 0) is 18.1 Å². The Morgan fingerprint density at radius 1 is 1.20 bits per heavy atom. The first kappa shape index (κ1) is 6.95. The van der Waals surface area contributed by atoms with Crippen molar-refractivity contribution in [3.8, 4) is 0 Å². The molecule has 1 saturated heterocycles. The first-order chi connectivity index (χ1) is 4.90. The Morgan fingerprint density at radius 3 is 2.30 bits per heavy atom. The quantitative estimate of drug-likeness (QED) is 0.463. The summed E-state index contributed by atoms with van der Waals surface area (Å²) in [4.78, 5) is 0. The van der Waals surface area contributed by atoms with Gasteiger partial charge in [0, 0.05) is 25.2 Å². The van der Waals surface area contributed by atoms with Crippen molar-refractivity contribution in [2.75, 3.05) is 18.8 Å². The molecule has 2 aliphatic rings. The summed E-state index contributed by atoms with van der Waals surface area (Å²) in [6, 6.07) is 1.56. The molecule has 1 saturated carbocycles. The molecular formula is C7H14N2S. The molecule has 2 nitrogen and oxygen atoms in total. The fourth-order valence-corrected chi connectivity index (χ4v) is 1.74. The molecule has 1 heterocycles. The molecule has 0 amide bonds. The predicted octanol–water partition coefficient (Wildman–Crippen LogP) is -0.134. The molecule has 2 atom stereocenters. The number of hydrogen-bond acceptors (Lipinski definition) is 3. The van der Waals surface area contributed by atoms with E-state index in [1.54, 1.807) is 0 Å². The molecule has 1 aliphatic carbocycles. The average Bonchev–Trinajstić information content (AvgIpc) is 2.63. The molecule has 10 heavy (non-hydrogen) atoms. The van der Waals surface area contributed by atoms with E-state index in [0.29, 0.717) is 0 Å². The van der Waals surface area contributed by atoms with Crippen LogP contribution in [0, 0.1) is 5.92 Å². The van der Waals surface area contributed by atoms with Gasteiger partial charge in [0.25, 0.3) is 0 Å². The lowest BCUT2D eigenvalue weighted by atomic mass is 10.2. The SMILES string of the molecule is SCC1CNC2CC2NC1. The maximum Gasteiger partial charge on any atom is 0.0237 e. The molecule has 0 aromatic rings. The lowest BCUT2D eigenvalue weighted by molar-refractivity contribution is 0.523. The normalized spacial score (nSPS) is 45.9. The van der Waals surface area contributed by atoms with Crippen molar-refractivity contribution in [1.29, 1.82) is 0 Å². The predicted molar refractivity (Wildman–Crippen MR) is 45.5 cm³/mol. The Kier molecular flexibility index (Phi) is 1.89. The van der Waals surface area contributed by atoms with Gasteiger partial charge in [0.1, 0.15) is 0 Å². The summed E-state index contributed by atoms with van der Waals surface area (Å²) in [6.07, 6.45) is 1.33. The topological polar surface area (TPSA) is 24.1 Å². The van der Waals surface area contributed by atoms with Crippen molar-refractivity contribution in [2.45, 2.75) is 18.5 Å². The Labute approximate surface area is 67.2 Å². The Hall–Kier alpha value is 0.270. The number of thiol groups is 1. The second-order valence-electron chi connectivity index (χ2n) is 3.31. The standard InChI is InChI=1S/C7H14N2S/c10-4-5-2-8-6-1-7(6)9-3-5/h5-10H,1-4H2. The van der Waals surface area contributed by atoms with E-state index in [2.05, 4.69) is 23.3 Å². The van der Waals surface area contributed by atoms with Crippen LogP contribution in [0.15, 0.2) is 0 Å². The van der Waals surface area contributed by atoms with E-state index >= 15 is 0 Å². The fraction of sp³-hybridized carbons (Fsp3) is 1.00. The minimum Gasteiger partial charge on any atom is -0.312 e. The molecule has 1 aliphatic heterocycles. The van der Waals surface area contributed by atoms with Crippen molar-refractivity contribution < 1.29 is 0 Å². The summed E-state index contributed by atoms with van der Waals surface area (Å²) in [5.41, 5.74) is 0. The van der Waals surface area contributed by atoms with Crippen LogP contribution in [0.1, 0.15) is 6.42 Å². The van der Waals surface area contributed by atoms with Crippen molar-refractivity contribution in [3.05, 3.63) is 0 Å². The molecule has 3 heteroatoms. The zero-order valence-corrected chi connectivity index (χ0v) is 6.90. The van der Waals surface area contributed by atoms with E-state index < -0.39 is 0 Å². The third-order valence-corrected chi connectivity index (χ3v) is 2.90. The molecular weight excluding hydrogens is 144 g/mol. The minimum absolute atomic E-state index is 0.733. The highest BCUT2D eigenvalue weighted by Crippen LogP contribution is 2.23. The third-order valence-electron chi connectivity index (χ3n) is 2.39. The summed E-state index contributed by atoms with van der Waals surface area (Å²) in [6.45, 7) is 2.30. The molecule has 2 unspecified atom stereocenters. The zero-order chi connectivity index (χ0) is 6.97. The summed E-state index contributed by atoms with van der Waals surface area (Å²) >= 11 is 4.28. The van der Waals surface area contributed by atoms with Gasteiger partial charge in [-0.3, -0.25) is 0 Å². The molecule has 2 fully saturated rings. The maximum atomic E-state index is 4.28. The highest BCUT2D eigenvalue weighted by Gasteiger charge is 2.38. The van der Waals surface area contributed by atoms with Crippen LogP contribution in [-0.2, 0) is 0 Å². The van der Waals surface area contributed by atoms with Crippen molar-refractivity contribution >= 4 is 12.6 Å². The van der Waals surface area contributed by atoms with E-state index in [9.17, 15) is 0 Å². The Bertz CT molecular complexity index is 117.